The monoisotopic (exact) mass is 384 g/mol. The molecule has 0 saturated heterocycles. The van der Waals surface area contributed by atoms with Crippen LogP contribution in [0.1, 0.15) is 0 Å². The van der Waals surface area contributed by atoms with Crippen molar-refractivity contribution >= 4 is 48.6 Å². The van der Waals surface area contributed by atoms with Gasteiger partial charge in [-0.1, -0.05) is 15.9 Å². The van der Waals surface area contributed by atoms with Crippen molar-refractivity contribution in [2.24, 2.45) is 0 Å². The third kappa shape index (κ3) is 2.26. The minimum atomic E-state index is -0.331. The second-order valence-electron chi connectivity index (χ2n) is 3.99. The topological polar surface area (TPSA) is 52.0 Å². The summed E-state index contributed by atoms with van der Waals surface area (Å²) in [5.41, 5.74) is 8.24. The molecule has 19 heavy (non-hydrogen) atoms. The van der Waals surface area contributed by atoms with Crippen LogP contribution >= 0.6 is 31.9 Å². The third-order valence-electron chi connectivity index (χ3n) is 2.65. The van der Waals surface area contributed by atoms with E-state index in [4.69, 9.17) is 10.2 Å². The van der Waals surface area contributed by atoms with E-state index in [0.717, 1.165) is 4.47 Å². The van der Waals surface area contributed by atoms with E-state index in [2.05, 4.69) is 36.8 Å². The van der Waals surface area contributed by atoms with Gasteiger partial charge in [0.1, 0.15) is 11.3 Å². The molecule has 0 aliphatic rings. The van der Waals surface area contributed by atoms with E-state index < -0.39 is 0 Å². The summed E-state index contributed by atoms with van der Waals surface area (Å²) in [7, 11) is 0. The molecule has 3 nitrogen and oxygen atoms in total. The van der Waals surface area contributed by atoms with E-state index in [1.54, 1.807) is 18.2 Å². The van der Waals surface area contributed by atoms with Crippen LogP contribution in [0.25, 0.3) is 22.6 Å². The van der Waals surface area contributed by atoms with Gasteiger partial charge in [0.25, 0.3) is 0 Å². The second-order valence-corrected chi connectivity index (χ2v) is 5.76. The van der Waals surface area contributed by atoms with Gasteiger partial charge in [0.15, 0.2) is 5.58 Å². The Morgan fingerprint density at radius 2 is 1.95 bits per heavy atom. The lowest BCUT2D eigenvalue weighted by molar-refractivity contribution is 0.614. The highest BCUT2D eigenvalue weighted by atomic mass is 79.9. The predicted octanol–water partition coefficient (Wildman–Crippen LogP) is 4.74. The van der Waals surface area contributed by atoms with E-state index in [9.17, 15) is 4.39 Å². The fourth-order valence-corrected chi connectivity index (χ4v) is 2.62. The Labute approximate surface area is 124 Å². The molecule has 2 aromatic carbocycles. The summed E-state index contributed by atoms with van der Waals surface area (Å²) in [6, 6.07) is 8.14. The first-order chi connectivity index (χ1) is 9.04. The number of hydrogen-bond donors (Lipinski definition) is 1. The number of nitrogens with zero attached hydrogens (tertiary/aromatic N) is 1. The Balaban J connectivity index is 2.20. The number of hydrogen-bond acceptors (Lipinski definition) is 3. The number of benzene rings is 2. The van der Waals surface area contributed by atoms with Crippen molar-refractivity contribution in [3.8, 4) is 11.5 Å². The van der Waals surface area contributed by atoms with Crippen LogP contribution in [0.3, 0.4) is 0 Å². The summed E-state index contributed by atoms with van der Waals surface area (Å²) in [4.78, 5) is 4.36. The van der Waals surface area contributed by atoms with Gasteiger partial charge in [-0.05, 0) is 46.3 Å². The summed E-state index contributed by atoms with van der Waals surface area (Å²) in [6.45, 7) is 0. The number of halogens is 3. The molecule has 0 saturated carbocycles. The number of rotatable bonds is 1. The van der Waals surface area contributed by atoms with Crippen LogP contribution in [0.5, 0.6) is 0 Å². The predicted molar refractivity (Wildman–Crippen MR) is 79.2 cm³/mol. The molecule has 0 aliphatic heterocycles. The lowest BCUT2D eigenvalue weighted by Gasteiger charge is -1.97. The molecule has 0 amide bonds. The molecule has 0 spiro atoms. The maximum atomic E-state index is 13.2. The molecule has 6 heteroatoms. The van der Waals surface area contributed by atoms with Crippen LogP contribution in [-0.4, -0.2) is 4.98 Å². The van der Waals surface area contributed by atoms with Crippen LogP contribution in [0.15, 0.2) is 43.7 Å². The zero-order valence-corrected chi connectivity index (χ0v) is 12.6. The smallest absolute Gasteiger partial charge is 0.227 e. The number of fused-ring (bicyclic) bond motifs is 1. The number of aromatic nitrogens is 1. The first-order valence-corrected chi connectivity index (χ1v) is 6.94. The molecule has 96 valence electrons. The fraction of sp³-hybridized carbons (Fsp3) is 0. The Kier molecular flexibility index (Phi) is 3.06. The van der Waals surface area contributed by atoms with E-state index in [1.165, 1.54) is 6.07 Å². The lowest BCUT2D eigenvalue weighted by atomic mass is 10.2. The first kappa shape index (κ1) is 12.6. The van der Waals surface area contributed by atoms with E-state index in [-0.39, 0.29) is 5.82 Å². The standard InChI is InChI=1S/C13H7Br2FN2O/c14-7-4-10(17)12-11(5-7)18-13(19-12)6-1-2-9(16)8(15)3-6/h1-5H,17H2. The van der Waals surface area contributed by atoms with Gasteiger partial charge < -0.3 is 10.2 Å². The summed E-state index contributed by atoms with van der Waals surface area (Å²) in [5, 5.41) is 0. The molecule has 3 rings (SSSR count). The minimum Gasteiger partial charge on any atom is -0.434 e. The van der Waals surface area contributed by atoms with Crippen molar-refractivity contribution in [1.82, 2.24) is 4.98 Å². The summed E-state index contributed by atoms with van der Waals surface area (Å²) in [5.74, 6) is 0.0719. The highest BCUT2D eigenvalue weighted by Gasteiger charge is 2.12. The Morgan fingerprint density at radius 1 is 1.16 bits per heavy atom. The van der Waals surface area contributed by atoms with Crippen molar-refractivity contribution in [1.29, 1.82) is 0 Å². The number of nitrogens with two attached hydrogens (primary N) is 1. The molecule has 1 aromatic heterocycles. The van der Waals surface area contributed by atoms with Crippen molar-refractivity contribution in [2.75, 3.05) is 5.73 Å². The zero-order valence-electron chi connectivity index (χ0n) is 9.45. The molecule has 0 aliphatic carbocycles. The van der Waals surface area contributed by atoms with Gasteiger partial charge in [0, 0.05) is 10.0 Å². The van der Waals surface area contributed by atoms with Gasteiger partial charge >= 0.3 is 0 Å². The quantitative estimate of drug-likeness (QED) is 0.615. The van der Waals surface area contributed by atoms with Gasteiger partial charge in [-0.25, -0.2) is 9.37 Å². The summed E-state index contributed by atoms with van der Waals surface area (Å²) < 4.78 is 20.0. The molecular weight excluding hydrogens is 379 g/mol. The van der Waals surface area contributed by atoms with Crippen LogP contribution in [0.2, 0.25) is 0 Å². The molecule has 0 atom stereocenters. The Bertz CT molecular complexity index is 786. The first-order valence-electron chi connectivity index (χ1n) is 5.35. The normalized spacial score (nSPS) is 11.1. The minimum absolute atomic E-state index is 0.331. The summed E-state index contributed by atoms with van der Waals surface area (Å²) >= 11 is 6.49. The third-order valence-corrected chi connectivity index (χ3v) is 3.72. The highest BCUT2D eigenvalue weighted by molar-refractivity contribution is 9.10. The van der Waals surface area contributed by atoms with Crippen LogP contribution in [-0.2, 0) is 0 Å². The molecule has 2 N–H and O–H groups in total. The second kappa shape index (κ2) is 4.61. The number of oxazole rings is 1. The molecule has 3 aromatic rings. The Morgan fingerprint density at radius 3 is 2.68 bits per heavy atom. The van der Waals surface area contributed by atoms with Gasteiger partial charge in [-0.2, -0.15) is 0 Å². The van der Waals surface area contributed by atoms with Gasteiger partial charge in [0.05, 0.1) is 10.2 Å². The van der Waals surface area contributed by atoms with Gasteiger partial charge in [-0.3, -0.25) is 0 Å². The molecule has 0 radical (unpaired) electrons. The maximum absolute atomic E-state index is 13.2. The fourth-order valence-electron chi connectivity index (χ4n) is 1.78. The largest absolute Gasteiger partial charge is 0.434 e. The van der Waals surface area contributed by atoms with E-state index in [0.29, 0.717) is 32.7 Å². The van der Waals surface area contributed by atoms with E-state index >= 15 is 0 Å². The van der Waals surface area contributed by atoms with Crippen LogP contribution in [0.4, 0.5) is 10.1 Å². The molecular formula is C13H7Br2FN2O. The zero-order chi connectivity index (χ0) is 13.6. The Hall–Kier alpha value is -1.40. The lowest BCUT2D eigenvalue weighted by Crippen LogP contribution is -1.84. The highest BCUT2D eigenvalue weighted by Crippen LogP contribution is 2.32. The van der Waals surface area contributed by atoms with Gasteiger partial charge in [0.2, 0.25) is 5.89 Å². The SMILES string of the molecule is Nc1cc(Br)cc2nc(-c3ccc(F)c(Br)c3)oc12. The van der Waals surface area contributed by atoms with Crippen LogP contribution in [0, 0.1) is 5.82 Å². The van der Waals surface area contributed by atoms with Crippen molar-refractivity contribution < 1.29 is 8.81 Å². The number of nitrogen functional groups attached to an aromatic ring is 1. The molecule has 0 unspecified atom stereocenters. The van der Waals surface area contributed by atoms with Gasteiger partial charge in [-0.15, -0.1) is 0 Å². The average Bonchev–Trinajstić information content (AvgIpc) is 2.76. The van der Waals surface area contributed by atoms with Crippen molar-refractivity contribution in [3.63, 3.8) is 0 Å². The summed E-state index contributed by atoms with van der Waals surface area (Å²) in [6.07, 6.45) is 0. The molecule has 1 heterocycles. The average molecular weight is 386 g/mol. The molecule has 0 bridgehead atoms. The maximum Gasteiger partial charge on any atom is 0.227 e. The number of anilines is 1. The van der Waals surface area contributed by atoms with Crippen LogP contribution < -0.4 is 5.73 Å². The van der Waals surface area contributed by atoms with Crippen molar-refractivity contribution in [3.05, 3.63) is 45.1 Å². The van der Waals surface area contributed by atoms with Crippen molar-refractivity contribution in [2.45, 2.75) is 0 Å². The molecule has 0 fully saturated rings. The van der Waals surface area contributed by atoms with E-state index in [1.807, 2.05) is 6.07 Å².